The number of carbonyl (C=O) groups excluding carboxylic acids is 1. The van der Waals surface area contributed by atoms with E-state index in [1.807, 2.05) is 0 Å². The monoisotopic (exact) mass is 239 g/mol. The molecule has 0 saturated carbocycles. The Balaban J connectivity index is 1.99. The quantitative estimate of drug-likeness (QED) is 0.692. The predicted octanol–water partition coefficient (Wildman–Crippen LogP) is 1.93. The molecule has 2 aliphatic heterocycles. The lowest BCUT2D eigenvalue weighted by molar-refractivity contribution is 0.0113. The van der Waals surface area contributed by atoms with Gasteiger partial charge in [-0.3, -0.25) is 4.79 Å². The van der Waals surface area contributed by atoms with Crippen LogP contribution in [0.2, 0.25) is 0 Å². The van der Waals surface area contributed by atoms with Crippen molar-refractivity contribution in [1.29, 1.82) is 0 Å². The van der Waals surface area contributed by atoms with Crippen LogP contribution in [0.1, 0.15) is 16.8 Å². The van der Waals surface area contributed by atoms with Crippen LogP contribution in [0.3, 0.4) is 0 Å². The van der Waals surface area contributed by atoms with E-state index in [2.05, 4.69) is 0 Å². The van der Waals surface area contributed by atoms with Gasteiger partial charge in [-0.2, -0.15) is 0 Å². The fourth-order valence-corrected chi connectivity index (χ4v) is 2.39. The van der Waals surface area contributed by atoms with Crippen LogP contribution in [0.25, 0.3) is 0 Å². The molecule has 3 nitrogen and oxygen atoms in total. The lowest BCUT2D eigenvalue weighted by atomic mass is 10.2. The summed E-state index contributed by atoms with van der Waals surface area (Å²) in [5, 5.41) is 0. The first-order chi connectivity index (χ1) is 8.07. The van der Waals surface area contributed by atoms with Gasteiger partial charge in [0.2, 0.25) is 0 Å². The lowest BCUT2D eigenvalue weighted by Crippen LogP contribution is -2.37. The van der Waals surface area contributed by atoms with Crippen molar-refractivity contribution < 1.29 is 18.3 Å². The van der Waals surface area contributed by atoms with E-state index >= 15 is 0 Å². The number of nitrogens with zero attached hydrogens (tertiary/aromatic N) is 1. The minimum absolute atomic E-state index is 0.137. The standard InChI is InChI=1S/C12H11F2NO2/c13-12(14)5-8-6-17-10-4-2-1-3-9(10)11(16)15(8)7-12/h1-4,8H,5-7H2/t8-/m0/s1. The summed E-state index contributed by atoms with van der Waals surface area (Å²) in [6.07, 6.45) is -0.313. The molecule has 0 N–H and O–H groups in total. The summed E-state index contributed by atoms with van der Waals surface area (Å²) >= 11 is 0. The Kier molecular flexibility index (Phi) is 2.11. The molecule has 0 aromatic heterocycles. The van der Waals surface area contributed by atoms with Crippen LogP contribution in [-0.4, -0.2) is 35.9 Å². The van der Waals surface area contributed by atoms with E-state index in [0.29, 0.717) is 11.3 Å². The van der Waals surface area contributed by atoms with Gasteiger partial charge in [0.15, 0.2) is 0 Å². The van der Waals surface area contributed by atoms with Gasteiger partial charge in [-0.05, 0) is 12.1 Å². The maximum atomic E-state index is 13.3. The largest absolute Gasteiger partial charge is 0.491 e. The van der Waals surface area contributed by atoms with E-state index in [1.54, 1.807) is 24.3 Å². The van der Waals surface area contributed by atoms with Crippen LogP contribution < -0.4 is 4.74 Å². The number of fused-ring (bicyclic) bond motifs is 2. The highest BCUT2D eigenvalue weighted by atomic mass is 19.3. The number of alkyl halides is 2. The third-order valence-electron chi connectivity index (χ3n) is 3.19. The summed E-state index contributed by atoms with van der Waals surface area (Å²) < 4.78 is 32.0. The number of halogens is 2. The molecule has 1 amide bonds. The van der Waals surface area contributed by atoms with Crippen molar-refractivity contribution in [2.24, 2.45) is 0 Å². The summed E-state index contributed by atoms with van der Waals surface area (Å²) in [4.78, 5) is 13.3. The van der Waals surface area contributed by atoms with Gasteiger partial charge in [0.05, 0.1) is 18.2 Å². The second kappa shape index (κ2) is 3.42. The summed E-state index contributed by atoms with van der Waals surface area (Å²) in [6, 6.07) is 6.24. The topological polar surface area (TPSA) is 29.5 Å². The van der Waals surface area contributed by atoms with Crippen LogP contribution in [-0.2, 0) is 0 Å². The zero-order valence-corrected chi connectivity index (χ0v) is 9.03. The third kappa shape index (κ3) is 1.66. The fourth-order valence-electron chi connectivity index (χ4n) is 2.39. The van der Waals surface area contributed by atoms with Crippen LogP contribution in [0.4, 0.5) is 8.78 Å². The first-order valence-corrected chi connectivity index (χ1v) is 5.47. The Bertz CT molecular complexity index is 475. The van der Waals surface area contributed by atoms with Gasteiger partial charge in [-0.15, -0.1) is 0 Å². The van der Waals surface area contributed by atoms with Crippen molar-refractivity contribution in [2.75, 3.05) is 13.2 Å². The Morgan fingerprint density at radius 3 is 2.94 bits per heavy atom. The molecule has 0 bridgehead atoms. The highest BCUT2D eigenvalue weighted by Gasteiger charge is 2.48. The number of carbonyl (C=O) groups is 1. The van der Waals surface area contributed by atoms with Crippen molar-refractivity contribution in [3.63, 3.8) is 0 Å². The van der Waals surface area contributed by atoms with Gasteiger partial charge in [-0.25, -0.2) is 8.78 Å². The van der Waals surface area contributed by atoms with E-state index in [4.69, 9.17) is 4.74 Å². The SMILES string of the molecule is O=C1c2ccccc2OC[C@@H]2CC(F)(F)CN12. The molecular weight excluding hydrogens is 228 g/mol. The van der Waals surface area contributed by atoms with Gasteiger partial charge in [0.1, 0.15) is 12.4 Å². The van der Waals surface area contributed by atoms with E-state index in [1.165, 1.54) is 4.90 Å². The second-order valence-electron chi connectivity index (χ2n) is 4.45. The van der Waals surface area contributed by atoms with E-state index in [9.17, 15) is 13.6 Å². The maximum Gasteiger partial charge on any atom is 0.267 e. The molecule has 90 valence electrons. The summed E-state index contributed by atoms with van der Waals surface area (Å²) in [5.74, 6) is -2.67. The number of amides is 1. The highest BCUT2D eigenvalue weighted by molar-refractivity contribution is 5.97. The minimum atomic E-state index is -2.80. The van der Waals surface area contributed by atoms with Gasteiger partial charge in [0, 0.05) is 6.42 Å². The summed E-state index contributed by atoms with van der Waals surface area (Å²) in [7, 11) is 0. The van der Waals surface area contributed by atoms with E-state index in [-0.39, 0.29) is 18.9 Å². The zero-order valence-electron chi connectivity index (χ0n) is 9.03. The Labute approximate surface area is 97.0 Å². The molecule has 0 unspecified atom stereocenters. The van der Waals surface area contributed by atoms with E-state index < -0.39 is 18.5 Å². The molecule has 2 aliphatic rings. The summed E-state index contributed by atoms with van der Waals surface area (Å²) in [6.45, 7) is -0.369. The smallest absolute Gasteiger partial charge is 0.267 e. The molecule has 3 rings (SSSR count). The molecule has 0 aliphatic carbocycles. The average Bonchev–Trinajstić information content (AvgIpc) is 2.55. The number of benzene rings is 1. The molecule has 1 aromatic carbocycles. The number of rotatable bonds is 0. The van der Waals surface area contributed by atoms with Gasteiger partial charge < -0.3 is 9.64 Å². The number of para-hydroxylation sites is 1. The Hall–Kier alpha value is -1.65. The molecule has 0 radical (unpaired) electrons. The molecule has 1 fully saturated rings. The molecular formula is C12H11F2NO2. The normalized spacial score (nSPS) is 25.9. The number of hydrogen-bond donors (Lipinski definition) is 0. The average molecular weight is 239 g/mol. The Morgan fingerprint density at radius 1 is 1.35 bits per heavy atom. The highest BCUT2D eigenvalue weighted by Crippen LogP contribution is 2.36. The van der Waals surface area contributed by atoms with Crippen LogP contribution in [0.15, 0.2) is 24.3 Å². The third-order valence-corrected chi connectivity index (χ3v) is 3.19. The van der Waals surface area contributed by atoms with Crippen molar-refractivity contribution in [2.45, 2.75) is 18.4 Å². The minimum Gasteiger partial charge on any atom is -0.491 e. The number of ether oxygens (including phenoxy) is 1. The molecule has 0 spiro atoms. The van der Waals surface area contributed by atoms with Crippen molar-refractivity contribution in [3.8, 4) is 5.75 Å². The number of hydrogen-bond acceptors (Lipinski definition) is 2. The molecule has 5 heteroatoms. The first-order valence-electron chi connectivity index (χ1n) is 5.47. The Morgan fingerprint density at radius 2 is 2.12 bits per heavy atom. The lowest BCUT2D eigenvalue weighted by Gasteiger charge is -2.19. The van der Waals surface area contributed by atoms with E-state index in [0.717, 1.165) is 0 Å². The molecule has 1 aromatic rings. The maximum absolute atomic E-state index is 13.3. The van der Waals surface area contributed by atoms with Gasteiger partial charge in [-0.1, -0.05) is 12.1 Å². The molecule has 17 heavy (non-hydrogen) atoms. The molecule has 2 heterocycles. The zero-order chi connectivity index (χ0) is 12.0. The molecule has 1 atom stereocenters. The molecule has 1 saturated heterocycles. The van der Waals surface area contributed by atoms with Gasteiger partial charge >= 0.3 is 0 Å². The van der Waals surface area contributed by atoms with Crippen LogP contribution in [0, 0.1) is 0 Å². The first kappa shape index (κ1) is 10.5. The fraction of sp³-hybridized carbons (Fsp3) is 0.417. The van der Waals surface area contributed by atoms with Crippen molar-refractivity contribution >= 4 is 5.91 Å². The van der Waals surface area contributed by atoms with Crippen LogP contribution in [0.5, 0.6) is 5.75 Å². The van der Waals surface area contributed by atoms with Crippen LogP contribution >= 0.6 is 0 Å². The van der Waals surface area contributed by atoms with Crippen molar-refractivity contribution in [3.05, 3.63) is 29.8 Å². The summed E-state index contributed by atoms with van der Waals surface area (Å²) in [5.41, 5.74) is 0.368. The predicted molar refractivity (Wildman–Crippen MR) is 56.3 cm³/mol. The van der Waals surface area contributed by atoms with Gasteiger partial charge in [0.25, 0.3) is 11.8 Å². The second-order valence-corrected chi connectivity index (χ2v) is 4.45. The van der Waals surface area contributed by atoms with Crippen molar-refractivity contribution in [1.82, 2.24) is 4.90 Å².